The molecule has 1 aromatic carbocycles. The molecule has 0 bridgehead atoms. The van der Waals surface area contributed by atoms with Crippen molar-refractivity contribution in [3.8, 4) is 5.75 Å². The Balaban J connectivity index is 0.00000242. The van der Waals surface area contributed by atoms with Crippen LogP contribution in [0.3, 0.4) is 0 Å². The van der Waals surface area contributed by atoms with Gasteiger partial charge in [-0.05, 0) is 44.9 Å². The number of amides is 1. The molecule has 1 aromatic rings. The highest BCUT2D eigenvalue weighted by Crippen LogP contribution is 2.17. The zero-order chi connectivity index (χ0) is 15.1. The number of carbonyl (C=O) groups is 1. The minimum absolute atomic E-state index is 0. The molecule has 1 aliphatic heterocycles. The van der Waals surface area contributed by atoms with Gasteiger partial charge in [0.25, 0.3) is 0 Å². The van der Waals surface area contributed by atoms with E-state index in [9.17, 15) is 4.79 Å². The maximum Gasteiger partial charge on any atom is 0.222 e. The third kappa shape index (κ3) is 5.50. The number of rotatable bonds is 6. The number of ether oxygens (including phenoxy) is 1. The zero-order valence-corrected chi connectivity index (χ0v) is 14.3. The van der Waals surface area contributed by atoms with Crippen LogP contribution in [0.15, 0.2) is 24.3 Å². The van der Waals surface area contributed by atoms with E-state index in [0.29, 0.717) is 19.1 Å². The highest BCUT2D eigenvalue weighted by molar-refractivity contribution is 5.85. The molecular weight excluding hydrogens is 300 g/mol. The topological polar surface area (TPSA) is 41.6 Å². The van der Waals surface area contributed by atoms with Gasteiger partial charge in [0.2, 0.25) is 5.91 Å². The second-order valence-electron chi connectivity index (χ2n) is 5.69. The molecule has 0 aliphatic carbocycles. The average molecular weight is 327 g/mol. The minimum atomic E-state index is 0. The van der Waals surface area contributed by atoms with Gasteiger partial charge in [-0.3, -0.25) is 4.79 Å². The Morgan fingerprint density at radius 3 is 2.91 bits per heavy atom. The molecule has 0 aromatic heterocycles. The van der Waals surface area contributed by atoms with Gasteiger partial charge in [0.1, 0.15) is 5.75 Å². The zero-order valence-electron chi connectivity index (χ0n) is 13.5. The van der Waals surface area contributed by atoms with Crippen molar-refractivity contribution < 1.29 is 9.53 Å². The molecule has 124 valence electrons. The monoisotopic (exact) mass is 326 g/mol. The first-order chi connectivity index (χ1) is 10.2. The van der Waals surface area contributed by atoms with Crippen molar-refractivity contribution in [1.82, 2.24) is 10.2 Å². The van der Waals surface area contributed by atoms with Crippen molar-refractivity contribution in [1.29, 1.82) is 0 Å². The molecule has 4 nitrogen and oxygen atoms in total. The summed E-state index contributed by atoms with van der Waals surface area (Å²) in [6.45, 7) is 4.37. The number of carbonyl (C=O) groups excluding carboxylic acids is 1. The molecule has 1 unspecified atom stereocenters. The SMILES string of the molecule is CNC1CCCN(C(=O)CCCOc2ccccc2C)C1.Cl. The van der Waals surface area contributed by atoms with Gasteiger partial charge < -0.3 is 15.0 Å². The van der Waals surface area contributed by atoms with Crippen molar-refractivity contribution >= 4 is 18.3 Å². The Kier molecular flexibility index (Phi) is 8.28. The first kappa shape index (κ1) is 18.8. The van der Waals surface area contributed by atoms with Crippen LogP contribution in [-0.2, 0) is 4.79 Å². The van der Waals surface area contributed by atoms with Gasteiger partial charge in [0.05, 0.1) is 6.61 Å². The number of hydrogen-bond acceptors (Lipinski definition) is 3. The molecule has 1 N–H and O–H groups in total. The number of para-hydroxylation sites is 1. The lowest BCUT2D eigenvalue weighted by atomic mass is 10.1. The maximum absolute atomic E-state index is 12.2. The smallest absolute Gasteiger partial charge is 0.222 e. The molecule has 1 fully saturated rings. The largest absolute Gasteiger partial charge is 0.493 e. The molecule has 1 saturated heterocycles. The molecule has 0 saturated carbocycles. The fourth-order valence-electron chi connectivity index (χ4n) is 2.72. The first-order valence-corrected chi connectivity index (χ1v) is 7.84. The predicted octanol–water partition coefficient (Wildman–Crippen LogP) is 2.79. The summed E-state index contributed by atoms with van der Waals surface area (Å²) in [4.78, 5) is 14.2. The van der Waals surface area contributed by atoms with E-state index in [1.165, 1.54) is 0 Å². The number of aryl methyl sites for hydroxylation is 1. The molecule has 2 rings (SSSR count). The quantitative estimate of drug-likeness (QED) is 0.817. The van der Waals surface area contributed by atoms with E-state index in [-0.39, 0.29) is 18.3 Å². The van der Waals surface area contributed by atoms with E-state index in [1.54, 1.807) is 0 Å². The lowest BCUT2D eigenvalue weighted by Crippen LogP contribution is -2.46. The van der Waals surface area contributed by atoms with Crippen molar-refractivity contribution in [2.24, 2.45) is 0 Å². The molecule has 1 heterocycles. The Hall–Kier alpha value is -1.26. The lowest BCUT2D eigenvalue weighted by molar-refractivity contribution is -0.132. The summed E-state index contributed by atoms with van der Waals surface area (Å²) in [5, 5.41) is 3.27. The fraction of sp³-hybridized carbons (Fsp3) is 0.588. The van der Waals surface area contributed by atoms with Crippen LogP contribution in [0.2, 0.25) is 0 Å². The predicted molar refractivity (Wildman–Crippen MR) is 91.8 cm³/mol. The maximum atomic E-state index is 12.2. The Bertz CT molecular complexity index is 468. The molecule has 1 aliphatic rings. The van der Waals surface area contributed by atoms with Crippen molar-refractivity contribution in [3.63, 3.8) is 0 Å². The number of hydrogen-bond donors (Lipinski definition) is 1. The Morgan fingerprint density at radius 2 is 2.18 bits per heavy atom. The van der Waals surface area contributed by atoms with E-state index < -0.39 is 0 Å². The van der Waals surface area contributed by atoms with E-state index >= 15 is 0 Å². The number of likely N-dealkylation sites (tertiary alicyclic amines) is 1. The highest BCUT2D eigenvalue weighted by atomic mass is 35.5. The molecular formula is C17H27ClN2O2. The molecule has 0 spiro atoms. The summed E-state index contributed by atoms with van der Waals surface area (Å²) in [6.07, 6.45) is 3.60. The number of nitrogens with zero attached hydrogens (tertiary/aromatic N) is 1. The third-order valence-electron chi connectivity index (χ3n) is 4.07. The Morgan fingerprint density at radius 1 is 1.41 bits per heavy atom. The van der Waals surface area contributed by atoms with Crippen LogP contribution >= 0.6 is 12.4 Å². The summed E-state index contributed by atoms with van der Waals surface area (Å²) >= 11 is 0. The number of halogens is 1. The van der Waals surface area contributed by atoms with E-state index in [2.05, 4.69) is 5.32 Å². The Labute approximate surface area is 139 Å². The van der Waals surface area contributed by atoms with Gasteiger partial charge in [0.15, 0.2) is 0 Å². The summed E-state index contributed by atoms with van der Waals surface area (Å²) in [6, 6.07) is 8.43. The summed E-state index contributed by atoms with van der Waals surface area (Å²) in [5.41, 5.74) is 1.14. The van der Waals surface area contributed by atoms with Crippen LogP contribution in [-0.4, -0.2) is 43.6 Å². The average Bonchev–Trinajstić information content (AvgIpc) is 2.53. The normalized spacial score (nSPS) is 17.7. The fourth-order valence-corrected chi connectivity index (χ4v) is 2.72. The van der Waals surface area contributed by atoms with Crippen LogP contribution in [0.25, 0.3) is 0 Å². The molecule has 1 amide bonds. The van der Waals surface area contributed by atoms with Gasteiger partial charge in [-0.15, -0.1) is 12.4 Å². The van der Waals surface area contributed by atoms with Crippen LogP contribution in [0, 0.1) is 6.92 Å². The second kappa shape index (κ2) is 9.70. The van der Waals surface area contributed by atoms with Crippen molar-refractivity contribution in [2.75, 3.05) is 26.7 Å². The standard InChI is InChI=1S/C17H26N2O2.ClH/c1-14-7-3-4-9-16(14)21-12-6-10-17(20)19-11-5-8-15(13-19)18-2;/h3-4,7,9,15,18H,5-6,8,10-13H2,1-2H3;1H. The summed E-state index contributed by atoms with van der Waals surface area (Å²) < 4.78 is 5.73. The minimum Gasteiger partial charge on any atom is -0.493 e. The van der Waals surface area contributed by atoms with Crippen LogP contribution < -0.4 is 10.1 Å². The highest BCUT2D eigenvalue weighted by Gasteiger charge is 2.21. The van der Waals surface area contributed by atoms with E-state index in [4.69, 9.17) is 4.74 Å². The van der Waals surface area contributed by atoms with Crippen LogP contribution in [0.5, 0.6) is 5.75 Å². The second-order valence-corrected chi connectivity index (χ2v) is 5.69. The first-order valence-electron chi connectivity index (χ1n) is 7.84. The van der Waals surface area contributed by atoms with Crippen LogP contribution in [0.4, 0.5) is 0 Å². The molecule has 0 radical (unpaired) electrons. The van der Waals surface area contributed by atoms with Crippen molar-refractivity contribution in [2.45, 2.75) is 38.6 Å². The molecule has 22 heavy (non-hydrogen) atoms. The van der Waals surface area contributed by atoms with Gasteiger partial charge in [-0.2, -0.15) is 0 Å². The van der Waals surface area contributed by atoms with Gasteiger partial charge in [-0.25, -0.2) is 0 Å². The lowest BCUT2D eigenvalue weighted by Gasteiger charge is -2.32. The summed E-state index contributed by atoms with van der Waals surface area (Å²) in [7, 11) is 1.97. The number of benzene rings is 1. The number of nitrogens with one attached hydrogen (secondary N) is 1. The van der Waals surface area contributed by atoms with Gasteiger partial charge >= 0.3 is 0 Å². The van der Waals surface area contributed by atoms with Crippen molar-refractivity contribution in [3.05, 3.63) is 29.8 Å². The third-order valence-corrected chi connectivity index (χ3v) is 4.07. The van der Waals surface area contributed by atoms with Crippen LogP contribution in [0.1, 0.15) is 31.2 Å². The summed E-state index contributed by atoms with van der Waals surface area (Å²) in [5.74, 6) is 1.17. The van der Waals surface area contributed by atoms with E-state index in [1.807, 2.05) is 43.1 Å². The van der Waals surface area contributed by atoms with Gasteiger partial charge in [-0.1, -0.05) is 18.2 Å². The molecule has 1 atom stereocenters. The number of likely N-dealkylation sites (N-methyl/N-ethyl adjacent to an activating group) is 1. The molecule has 5 heteroatoms. The van der Waals surface area contributed by atoms with Gasteiger partial charge in [0, 0.05) is 25.6 Å². The van der Waals surface area contributed by atoms with E-state index in [0.717, 1.165) is 43.7 Å². The number of piperidine rings is 1.